The van der Waals surface area contributed by atoms with Crippen LogP contribution in [0.4, 0.5) is 0 Å². The summed E-state index contributed by atoms with van der Waals surface area (Å²) in [6.07, 6.45) is 2.11. The van der Waals surface area contributed by atoms with E-state index < -0.39 is 0 Å². The molecule has 1 aliphatic rings. The molecule has 3 rings (SSSR count). The third-order valence-electron chi connectivity index (χ3n) is 4.86. The van der Waals surface area contributed by atoms with Gasteiger partial charge in [0, 0.05) is 30.4 Å². The number of hydrogen-bond acceptors (Lipinski definition) is 1. The molecule has 0 N–H and O–H groups in total. The molecule has 2 heterocycles. The fourth-order valence-electron chi connectivity index (χ4n) is 3.45. The Hall–Kier alpha value is -2.03. The smallest absolute Gasteiger partial charge is 0.228 e. The summed E-state index contributed by atoms with van der Waals surface area (Å²) in [5.41, 5.74) is 3.36. The topological polar surface area (TPSA) is 25.2 Å². The highest BCUT2D eigenvalue weighted by atomic mass is 16.2. The molecular weight excluding hydrogens is 296 g/mol. The molecule has 0 spiro atoms. The van der Waals surface area contributed by atoms with E-state index in [0.29, 0.717) is 5.92 Å². The van der Waals surface area contributed by atoms with Gasteiger partial charge in [0.25, 0.3) is 0 Å². The lowest BCUT2D eigenvalue weighted by atomic mass is 9.90. The molecule has 0 saturated heterocycles. The lowest BCUT2D eigenvalue weighted by Crippen LogP contribution is -2.47. The Morgan fingerprint density at radius 1 is 1.08 bits per heavy atom. The molecule has 1 atom stereocenters. The van der Waals surface area contributed by atoms with Crippen LogP contribution in [0.15, 0.2) is 42.6 Å². The first kappa shape index (κ1) is 16.8. The standard InChI is InChI=1S/C21H28N2O/c1-15(2)16-8-10-17(11-9-16)19-18-7-6-12-22(18)13-14-23(19)20(24)21(3,4)5/h6-12,15,19H,13-14H2,1-5H3. The van der Waals surface area contributed by atoms with Gasteiger partial charge in [-0.25, -0.2) is 0 Å². The second-order valence-electron chi connectivity index (χ2n) is 8.10. The Morgan fingerprint density at radius 3 is 2.33 bits per heavy atom. The van der Waals surface area contributed by atoms with Crippen LogP contribution in [0.3, 0.4) is 0 Å². The van der Waals surface area contributed by atoms with Crippen molar-refractivity contribution >= 4 is 5.91 Å². The summed E-state index contributed by atoms with van der Waals surface area (Å²) in [6, 6.07) is 13.0. The van der Waals surface area contributed by atoms with E-state index in [4.69, 9.17) is 0 Å². The summed E-state index contributed by atoms with van der Waals surface area (Å²) >= 11 is 0. The number of fused-ring (bicyclic) bond motifs is 1. The van der Waals surface area contributed by atoms with Crippen LogP contribution in [-0.4, -0.2) is 21.9 Å². The average Bonchev–Trinajstić information content (AvgIpc) is 3.01. The molecule has 128 valence electrons. The second kappa shape index (κ2) is 6.12. The summed E-state index contributed by atoms with van der Waals surface area (Å²) in [5.74, 6) is 0.731. The Labute approximate surface area is 145 Å². The van der Waals surface area contributed by atoms with E-state index in [2.05, 4.69) is 65.9 Å². The Morgan fingerprint density at radius 2 is 1.75 bits per heavy atom. The maximum Gasteiger partial charge on any atom is 0.228 e. The maximum absolute atomic E-state index is 13.0. The Balaban J connectivity index is 2.03. The quantitative estimate of drug-likeness (QED) is 0.793. The van der Waals surface area contributed by atoms with Gasteiger partial charge in [-0.15, -0.1) is 0 Å². The summed E-state index contributed by atoms with van der Waals surface area (Å²) in [4.78, 5) is 15.1. The monoisotopic (exact) mass is 324 g/mol. The first-order chi connectivity index (χ1) is 11.3. The fraction of sp³-hybridized carbons (Fsp3) is 0.476. The van der Waals surface area contributed by atoms with E-state index in [1.54, 1.807) is 0 Å². The van der Waals surface area contributed by atoms with Gasteiger partial charge in [0.2, 0.25) is 5.91 Å². The molecule has 0 bridgehead atoms. The molecule has 1 amide bonds. The van der Waals surface area contributed by atoms with Gasteiger partial charge in [0.15, 0.2) is 0 Å². The molecule has 1 aromatic heterocycles. The van der Waals surface area contributed by atoms with Crippen molar-refractivity contribution in [2.45, 2.75) is 53.1 Å². The minimum Gasteiger partial charge on any atom is -0.348 e. The highest BCUT2D eigenvalue weighted by molar-refractivity contribution is 5.82. The summed E-state index contributed by atoms with van der Waals surface area (Å²) in [5, 5.41) is 0. The van der Waals surface area contributed by atoms with Crippen LogP contribution >= 0.6 is 0 Å². The van der Waals surface area contributed by atoms with E-state index in [-0.39, 0.29) is 17.4 Å². The van der Waals surface area contributed by atoms with Gasteiger partial charge in [0.1, 0.15) is 0 Å². The van der Waals surface area contributed by atoms with Gasteiger partial charge in [0.05, 0.1) is 6.04 Å². The molecule has 24 heavy (non-hydrogen) atoms. The van der Waals surface area contributed by atoms with E-state index in [0.717, 1.165) is 13.1 Å². The molecule has 1 aromatic carbocycles. The predicted molar refractivity (Wildman–Crippen MR) is 98.0 cm³/mol. The van der Waals surface area contributed by atoms with Crippen LogP contribution in [0.1, 0.15) is 63.4 Å². The lowest BCUT2D eigenvalue weighted by molar-refractivity contribution is -0.142. The van der Waals surface area contributed by atoms with Crippen LogP contribution in [0.5, 0.6) is 0 Å². The van der Waals surface area contributed by atoms with Crippen molar-refractivity contribution in [2.24, 2.45) is 5.41 Å². The lowest BCUT2D eigenvalue weighted by Gasteiger charge is -2.40. The van der Waals surface area contributed by atoms with Crippen molar-refractivity contribution in [3.63, 3.8) is 0 Å². The van der Waals surface area contributed by atoms with Crippen LogP contribution < -0.4 is 0 Å². The summed E-state index contributed by atoms with van der Waals surface area (Å²) in [6.45, 7) is 12.0. The first-order valence-corrected chi connectivity index (χ1v) is 8.85. The van der Waals surface area contributed by atoms with Gasteiger partial charge in [-0.05, 0) is 29.2 Å². The number of carbonyl (C=O) groups is 1. The molecule has 0 saturated carbocycles. The number of carbonyl (C=O) groups excluding carboxylic acids is 1. The number of nitrogens with zero attached hydrogens (tertiary/aromatic N) is 2. The van der Waals surface area contributed by atoms with Gasteiger partial charge < -0.3 is 9.47 Å². The third-order valence-corrected chi connectivity index (χ3v) is 4.86. The van der Waals surface area contributed by atoms with E-state index in [9.17, 15) is 4.79 Å². The average molecular weight is 324 g/mol. The van der Waals surface area contributed by atoms with Crippen LogP contribution in [-0.2, 0) is 11.3 Å². The maximum atomic E-state index is 13.0. The second-order valence-corrected chi connectivity index (χ2v) is 8.10. The molecule has 1 unspecified atom stereocenters. The number of benzene rings is 1. The Bertz CT molecular complexity index is 719. The van der Waals surface area contributed by atoms with Crippen LogP contribution in [0, 0.1) is 5.41 Å². The van der Waals surface area contributed by atoms with Crippen molar-refractivity contribution in [1.29, 1.82) is 0 Å². The van der Waals surface area contributed by atoms with Crippen molar-refractivity contribution in [3.05, 3.63) is 59.4 Å². The third kappa shape index (κ3) is 3.00. The normalized spacial score (nSPS) is 17.9. The molecule has 1 aliphatic heterocycles. The van der Waals surface area contributed by atoms with E-state index in [1.807, 2.05) is 20.8 Å². The minimum absolute atomic E-state index is 0.00156. The molecule has 0 fully saturated rings. The van der Waals surface area contributed by atoms with Gasteiger partial charge in [-0.3, -0.25) is 4.79 Å². The molecular formula is C21H28N2O. The number of aromatic nitrogens is 1. The largest absolute Gasteiger partial charge is 0.348 e. The highest BCUT2D eigenvalue weighted by Gasteiger charge is 2.36. The zero-order valence-electron chi connectivity index (χ0n) is 15.4. The minimum atomic E-state index is -0.370. The number of hydrogen-bond donors (Lipinski definition) is 0. The highest BCUT2D eigenvalue weighted by Crippen LogP contribution is 2.35. The Kier molecular flexibility index (Phi) is 4.29. The summed E-state index contributed by atoms with van der Waals surface area (Å²) in [7, 11) is 0. The van der Waals surface area contributed by atoms with Gasteiger partial charge in [-0.1, -0.05) is 58.9 Å². The van der Waals surface area contributed by atoms with Gasteiger partial charge >= 0.3 is 0 Å². The number of rotatable bonds is 2. The van der Waals surface area contributed by atoms with Crippen molar-refractivity contribution in [3.8, 4) is 0 Å². The summed E-state index contributed by atoms with van der Waals surface area (Å²) < 4.78 is 2.27. The predicted octanol–water partition coefficient (Wildman–Crippen LogP) is 4.59. The van der Waals surface area contributed by atoms with E-state index >= 15 is 0 Å². The number of amides is 1. The zero-order valence-corrected chi connectivity index (χ0v) is 15.4. The fourth-order valence-corrected chi connectivity index (χ4v) is 3.45. The molecule has 0 radical (unpaired) electrons. The van der Waals surface area contributed by atoms with Crippen molar-refractivity contribution < 1.29 is 4.79 Å². The van der Waals surface area contributed by atoms with Crippen LogP contribution in [0.2, 0.25) is 0 Å². The van der Waals surface area contributed by atoms with Crippen LogP contribution in [0.25, 0.3) is 0 Å². The van der Waals surface area contributed by atoms with Crippen molar-refractivity contribution in [2.75, 3.05) is 6.54 Å². The molecule has 3 heteroatoms. The van der Waals surface area contributed by atoms with E-state index in [1.165, 1.54) is 16.8 Å². The first-order valence-electron chi connectivity index (χ1n) is 8.85. The zero-order chi connectivity index (χ0) is 17.5. The molecule has 3 nitrogen and oxygen atoms in total. The SMILES string of the molecule is CC(C)c1ccc(C2c3cccn3CCN2C(=O)C(C)(C)C)cc1. The molecule has 2 aromatic rings. The van der Waals surface area contributed by atoms with Crippen molar-refractivity contribution in [1.82, 2.24) is 9.47 Å². The molecule has 0 aliphatic carbocycles. The van der Waals surface area contributed by atoms with Gasteiger partial charge in [-0.2, -0.15) is 0 Å².